The Morgan fingerprint density at radius 3 is 2.88 bits per heavy atom. The molecule has 0 radical (unpaired) electrons. The summed E-state index contributed by atoms with van der Waals surface area (Å²) in [7, 11) is 0. The number of anilines is 1. The van der Waals surface area contributed by atoms with Crippen molar-refractivity contribution in [1.82, 2.24) is 14.7 Å². The van der Waals surface area contributed by atoms with Crippen LogP contribution in [0.1, 0.15) is 19.4 Å². The Morgan fingerprint density at radius 1 is 1.42 bits per heavy atom. The molecule has 0 aliphatic heterocycles. The number of urea groups is 1. The van der Waals surface area contributed by atoms with Gasteiger partial charge in [-0.15, -0.1) is 0 Å². The number of aryl methyl sites for hydroxylation is 1. The van der Waals surface area contributed by atoms with Gasteiger partial charge in [0.25, 0.3) is 0 Å². The Kier molecular flexibility index (Phi) is 6.42. The van der Waals surface area contributed by atoms with E-state index in [0.717, 1.165) is 12.1 Å². The highest BCUT2D eigenvalue weighted by atomic mass is 16.5. The number of carbonyl (C=O) groups is 1. The maximum Gasteiger partial charge on any atom is 0.322 e. The molecule has 6 heteroatoms. The molecule has 0 saturated carbocycles. The summed E-state index contributed by atoms with van der Waals surface area (Å²) in [5.41, 5.74) is 1.65. The number of hydrogen-bond donors (Lipinski definition) is 1. The lowest BCUT2D eigenvalue weighted by Gasteiger charge is -2.21. The van der Waals surface area contributed by atoms with Gasteiger partial charge in [0, 0.05) is 24.8 Å². The Morgan fingerprint density at radius 2 is 2.21 bits per heavy atom. The van der Waals surface area contributed by atoms with E-state index in [-0.39, 0.29) is 6.03 Å². The molecule has 2 aromatic rings. The zero-order valence-electron chi connectivity index (χ0n) is 14.2. The van der Waals surface area contributed by atoms with Gasteiger partial charge >= 0.3 is 6.03 Å². The molecule has 24 heavy (non-hydrogen) atoms. The lowest BCUT2D eigenvalue weighted by molar-refractivity contribution is 0.212. The third kappa shape index (κ3) is 4.62. The Bertz CT molecular complexity index is 681. The summed E-state index contributed by atoms with van der Waals surface area (Å²) in [6.45, 7) is 9.92. The summed E-state index contributed by atoms with van der Waals surface area (Å²) in [5.74, 6) is 0.626. The maximum atomic E-state index is 12.6. The van der Waals surface area contributed by atoms with Gasteiger partial charge in [-0.2, -0.15) is 5.10 Å². The summed E-state index contributed by atoms with van der Waals surface area (Å²) in [6.07, 6.45) is 5.42. The van der Waals surface area contributed by atoms with Gasteiger partial charge in [0.15, 0.2) is 0 Å². The van der Waals surface area contributed by atoms with Crippen LogP contribution in [0.2, 0.25) is 0 Å². The fraction of sp³-hybridized carbons (Fsp3) is 0.333. The van der Waals surface area contributed by atoms with Crippen molar-refractivity contribution in [2.75, 3.05) is 18.5 Å². The van der Waals surface area contributed by atoms with Crippen LogP contribution in [0.3, 0.4) is 0 Å². The third-order valence-corrected chi connectivity index (χ3v) is 3.54. The maximum absolute atomic E-state index is 12.6. The molecule has 2 rings (SSSR count). The minimum atomic E-state index is -0.170. The molecule has 2 amide bonds. The number of hydrogen-bond acceptors (Lipinski definition) is 3. The van der Waals surface area contributed by atoms with E-state index < -0.39 is 0 Å². The molecule has 128 valence electrons. The number of carbonyl (C=O) groups excluding carboxylic acids is 1. The van der Waals surface area contributed by atoms with Gasteiger partial charge in [-0.25, -0.2) is 4.79 Å². The largest absolute Gasteiger partial charge is 0.487 e. The van der Waals surface area contributed by atoms with E-state index in [0.29, 0.717) is 31.1 Å². The molecule has 1 aromatic heterocycles. The van der Waals surface area contributed by atoms with Crippen LogP contribution in [-0.2, 0) is 13.1 Å². The average molecular weight is 328 g/mol. The highest BCUT2D eigenvalue weighted by Crippen LogP contribution is 2.24. The minimum Gasteiger partial charge on any atom is -0.487 e. The molecule has 0 fully saturated rings. The molecule has 1 heterocycles. The first kappa shape index (κ1) is 17.6. The third-order valence-electron chi connectivity index (χ3n) is 3.54. The van der Waals surface area contributed by atoms with Gasteiger partial charge in [-0.05, 0) is 26.0 Å². The fourth-order valence-electron chi connectivity index (χ4n) is 2.25. The molecule has 6 nitrogen and oxygen atoms in total. The molecule has 0 bridgehead atoms. The second kappa shape index (κ2) is 8.76. The van der Waals surface area contributed by atoms with Crippen LogP contribution in [0.4, 0.5) is 10.5 Å². The number of nitrogens with one attached hydrogen (secondary N) is 1. The average Bonchev–Trinajstić information content (AvgIpc) is 3.06. The molecule has 0 saturated heterocycles. The van der Waals surface area contributed by atoms with E-state index in [1.54, 1.807) is 17.2 Å². The predicted octanol–water partition coefficient (Wildman–Crippen LogP) is 3.52. The van der Waals surface area contributed by atoms with Crippen molar-refractivity contribution in [2.45, 2.75) is 26.9 Å². The van der Waals surface area contributed by atoms with Gasteiger partial charge in [-0.3, -0.25) is 4.68 Å². The van der Waals surface area contributed by atoms with Gasteiger partial charge in [0.1, 0.15) is 12.4 Å². The lowest BCUT2D eigenvalue weighted by atomic mass is 10.3. The summed E-state index contributed by atoms with van der Waals surface area (Å²) in [5, 5.41) is 7.15. The van der Waals surface area contributed by atoms with Crippen LogP contribution in [0.5, 0.6) is 5.75 Å². The van der Waals surface area contributed by atoms with E-state index in [2.05, 4.69) is 17.0 Å². The van der Waals surface area contributed by atoms with Crippen LogP contribution in [0.25, 0.3) is 0 Å². The van der Waals surface area contributed by atoms with Crippen molar-refractivity contribution < 1.29 is 9.53 Å². The number of para-hydroxylation sites is 2. The summed E-state index contributed by atoms with van der Waals surface area (Å²) >= 11 is 0. The van der Waals surface area contributed by atoms with Crippen molar-refractivity contribution >= 4 is 11.7 Å². The fourth-order valence-corrected chi connectivity index (χ4v) is 2.25. The number of benzene rings is 1. The lowest BCUT2D eigenvalue weighted by Crippen LogP contribution is -2.34. The van der Waals surface area contributed by atoms with E-state index in [1.807, 2.05) is 49.0 Å². The topological polar surface area (TPSA) is 59.4 Å². The molecule has 0 spiro atoms. The van der Waals surface area contributed by atoms with E-state index in [9.17, 15) is 4.79 Å². The summed E-state index contributed by atoms with van der Waals surface area (Å²) in [6, 6.07) is 7.19. The Hall–Kier alpha value is -2.76. The number of rotatable bonds is 8. The summed E-state index contributed by atoms with van der Waals surface area (Å²) in [4.78, 5) is 14.3. The van der Waals surface area contributed by atoms with Crippen molar-refractivity contribution in [1.29, 1.82) is 0 Å². The number of ether oxygens (including phenoxy) is 1. The zero-order chi connectivity index (χ0) is 17.4. The number of amides is 2. The highest BCUT2D eigenvalue weighted by molar-refractivity contribution is 5.90. The van der Waals surface area contributed by atoms with Crippen LogP contribution in [0.15, 0.2) is 49.3 Å². The Labute approximate surface area is 142 Å². The van der Waals surface area contributed by atoms with Crippen molar-refractivity contribution in [2.24, 2.45) is 0 Å². The SMILES string of the molecule is C=CCOc1ccccc1NC(=O)N(CC)Cc1cnn(CC)c1. The highest BCUT2D eigenvalue weighted by Gasteiger charge is 2.15. The van der Waals surface area contributed by atoms with E-state index >= 15 is 0 Å². The first-order valence-electron chi connectivity index (χ1n) is 8.07. The second-order valence-electron chi connectivity index (χ2n) is 5.24. The molecule has 1 aromatic carbocycles. The number of nitrogens with zero attached hydrogens (tertiary/aromatic N) is 3. The van der Waals surface area contributed by atoms with E-state index in [1.165, 1.54) is 0 Å². The van der Waals surface area contributed by atoms with Gasteiger partial charge in [0.05, 0.1) is 18.4 Å². The first-order chi connectivity index (χ1) is 11.7. The molecular weight excluding hydrogens is 304 g/mol. The second-order valence-corrected chi connectivity index (χ2v) is 5.24. The van der Waals surface area contributed by atoms with Crippen LogP contribution < -0.4 is 10.1 Å². The minimum absolute atomic E-state index is 0.170. The quantitative estimate of drug-likeness (QED) is 0.754. The molecule has 0 unspecified atom stereocenters. The monoisotopic (exact) mass is 328 g/mol. The predicted molar refractivity (Wildman–Crippen MR) is 95.1 cm³/mol. The van der Waals surface area contributed by atoms with Crippen LogP contribution in [-0.4, -0.2) is 33.9 Å². The normalized spacial score (nSPS) is 10.2. The first-order valence-corrected chi connectivity index (χ1v) is 8.07. The van der Waals surface area contributed by atoms with Crippen molar-refractivity contribution in [3.63, 3.8) is 0 Å². The van der Waals surface area contributed by atoms with Crippen LogP contribution >= 0.6 is 0 Å². The summed E-state index contributed by atoms with van der Waals surface area (Å²) < 4.78 is 7.42. The Balaban J connectivity index is 2.05. The standard InChI is InChI=1S/C18H24N4O2/c1-4-11-24-17-10-8-7-9-16(17)20-18(23)21(5-2)13-15-12-19-22(6-3)14-15/h4,7-10,12,14H,1,5-6,11,13H2,2-3H3,(H,20,23). The molecule has 0 aliphatic carbocycles. The van der Waals surface area contributed by atoms with Crippen LogP contribution in [0, 0.1) is 0 Å². The zero-order valence-corrected chi connectivity index (χ0v) is 14.2. The molecule has 1 N–H and O–H groups in total. The van der Waals surface area contributed by atoms with E-state index in [4.69, 9.17) is 4.74 Å². The van der Waals surface area contributed by atoms with Gasteiger partial charge < -0.3 is 15.0 Å². The molecule has 0 aliphatic rings. The number of aromatic nitrogens is 2. The van der Waals surface area contributed by atoms with Crippen molar-refractivity contribution in [3.8, 4) is 5.75 Å². The van der Waals surface area contributed by atoms with Gasteiger partial charge in [-0.1, -0.05) is 24.8 Å². The van der Waals surface area contributed by atoms with Gasteiger partial charge in [0.2, 0.25) is 0 Å². The van der Waals surface area contributed by atoms with Crippen molar-refractivity contribution in [3.05, 3.63) is 54.9 Å². The molecular formula is C18H24N4O2. The molecule has 0 atom stereocenters. The smallest absolute Gasteiger partial charge is 0.322 e.